The highest BCUT2D eigenvalue weighted by Gasteiger charge is 2.04. The van der Waals surface area contributed by atoms with E-state index in [0.717, 1.165) is 0 Å². The van der Waals surface area contributed by atoms with E-state index in [1.807, 2.05) is 0 Å². The summed E-state index contributed by atoms with van der Waals surface area (Å²) in [6.07, 6.45) is 4.24. The predicted octanol–water partition coefficient (Wildman–Crippen LogP) is -0.545. The van der Waals surface area contributed by atoms with E-state index in [9.17, 15) is 9.59 Å². The maximum Gasteiger partial charge on any atom is 0.270 e. The minimum absolute atomic E-state index is 0.239. The standard InChI is InChI=1S/C9H8N4O2/c10-9(15)7-5-11-13(6-7)12-4-2-1-3-8(12)14/h1-6H,(H2,10,15). The molecule has 0 fully saturated rings. The third kappa shape index (κ3) is 1.64. The van der Waals surface area contributed by atoms with Crippen molar-refractivity contribution in [2.45, 2.75) is 0 Å². The number of amides is 1. The van der Waals surface area contributed by atoms with Crippen LogP contribution in [0.4, 0.5) is 0 Å². The van der Waals surface area contributed by atoms with E-state index in [2.05, 4.69) is 5.10 Å². The van der Waals surface area contributed by atoms with Crippen LogP contribution in [0.5, 0.6) is 0 Å². The molecule has 0 aliphatic carbocycles. The molecule has 0 aliphatic heterocycles. The highest BCUT2D eigenvalue weighted by molar-refractivity contribution is 5.92. The van der Waals surface area contributed by atoms with Gasteiger partial charge in [-0.25, -0.2) is 4.68 Å². The molecule has 2 N–H and O–H groups in total. The molecule has 0 aliphatic rings. The summed E-state index contributed by atoms with van der Waals surface area (Å²) >= 11 is 0. The average Bonchev–Trinajstić information content (AvgIpc) is 2.67. The number of nitrogens with two attached hydrogens (primary N) is 1. The second kappa shape index (κ2) is 3.41. The van der Waals surface area contributed by atoms with Crippen molar-refractivity contribution < 1.29 is 4.79 Å². The Labute approximate surface area is 84.5 Å². The van der Waals surface area contributed by atoms with Gasteiger partial charge in [-0.05, 0) is 6.07 Å². The smallest absolute Gasteiger partial charge is 0.270 e. The maximum absolute atomic E-state index is 11.4. The first-order chi connectivity index (χ1) is 7.18. The van der Waals surface area contributed by atoms with Gasteiger partial charge in [-0.1, -0.05) is 6.07 Å². The van der Waals surface area contributed by atoms with Gasteiger partial charge in [-0.2, -0.15) is 9.89 Å². The molecule has 0 spiro atoms. The van der Waals surface area contributed by atoms with Gasteiger partial charge in [0.25, 0.3) is 11.5 Å². The highest BCUT2D eigenvalue weighted by atomic mass is 16.1. The normalized spacial score (nSPS) is 10.1. The molecule has 2 rings (SSSR count). The highest BCUT2D eigenvalue weighted by Crippen LogP contribution is 1.95. The minimum atomic E-state index is -0.578. The van der Waals surface area contributed by atoms with Gasteiger partial charge >= 0.3 is 0 Å². The zero-order valence-electron chi connectivity index (χ0n) is 7.70. The number of aromatic nitrogens is 3. The monoisotopic (exact) mass is 204 g/mol. The van der Waals surface area contributed by atoms with E-state index in [1.54, 1.807) is 18.3 Å². The van der Waals surface area contributed by atoms with Crippen LogP contribution in [0.1, 0.15) is 10.4 Å². The quantitative estimate of drug-likeness (QED) is 0.712. The van der Waals surface area contributed by atoms with E-state index >= 15 is 0 Å². The number of carbonyl (C=O) groups is 1. The molecule has 0 atom stereocenters. The Bertz CT molecular complexity index is 555. The lowest BCUT2D eigenvalue weighted by molar-refractivity contribution is 0.1000. The Morgan fingerprint density at radius 2 is 2.20 bits per heavy atom. The van der Waals surface area contributed by atoms with Crippen molar-refractivity contribution in [3.05, 3.63) is 52.7 Å². The molecule has 1 amide bonds. The van der Waals surface area contributed by atoms with E-state index in [-0.39, 0.29) is 11.1 Å². The van der Waals surface area contributed by atoms with Gasteiger partial charge in [-0.15, -0.1) is 0 Å². The van der Waals surface area contributed by atoms with Crippen LogP contribution >= 0.6 is 0 Å². The van der Waals surface area contributed by atoms with Crippen LogP contribution in [0.15, 0.2) is 41.6 Å². The fraction of sp³-hybridized carbons (Fsp3) is 0. The van der Waals surface area contributed by atoms with Crippen LogP contribution < -0.4 is 11.3 Å². The van der Waals surface area contributed by atoms with Gasteiger partial charge in [0.05, 0.1) is 18.0 Å². The minimum Gasteiger partial charge on any atom is -0.365 e. The van der Waals surface area contributed by atoms with E-state index in [0.29, 0.717) is 0 Å². The van der Waals surface area contributed by atoms with Crippen LogP contribution in [0.2, 0.25) is 0 Å². The molecule has 2 aromatic rings. The van der Waals surface area contributed by atoms with Crippen molar-refractivity contribution in [1.82, 2.24) is 14.6 Å². The lowest BCUT2D eigenvalue weighted by Crippen LogP contribution is -2.24. The molecule has 76 valence electrons. The molecule has 0 unspecified atom stereocenters. The average molecular weight is 204 g/mol. The van der Waals surface area contributed by atoms with Crippen LogP contribution in [0.3, 0.4) is 0 Å². The lowest BCUT2D eigenvalue weighted by atomic mass is 10.4. The van der Waals surface area contributed by atoms with Gasteiger partial charge < -0.3 is 5.73 Å². The first-order valence-corrected chi connectivity index (χ1v) is 4.21. The number of nitrogens with zero attached hydrogens (tertiary/aromatic N) is 3. The second-order valence-electron chi connectivity index (χ2n) is 2.90. The Hall–Kier alpha value is -2.37. The second-order valence-corrected chi connectivity index (χ2v) is 2.90. The number of rotatable bonds is 2. The molecule has 0 aromatic carbocycles. The summed E-state index contributed by atoms with van der Waals surface area (Å²) < 4.78 is 1.26. The number of hydrogen-bond acceptors (Lipinski definition) is 3. The van der Waals surface area contributed by atoms with Crippen LogP contribution in [0, 0.1) is 0 Å². The number of carbonyl (C=O) groups excluding carboxylic acids is 1. The summed E-state index contributed by atoms with van der Waals surface area (Å²) in [6.45, 7) is 0. The van der Waals surface area contributed by atoms with Gasteiger partial charge in [0, 0.05) is 12.3 Å². The summed E-state index contributed by atoms with van der Waals surface area (Å²) in [5, 5.41) is 3.85. The lowest BCUT2D eigenvalue weighted by Gasteiger charge is -2.02. The van der Waals surface area contributed by atoms with Crippen molar-refractivity contribution in [2.24, 2.45) is 5.73 Å². The molecule has 6 nitrogen and oxygen atoms in total. The number of hydrogen-bond donors (Lipinski definition) is 1. The molecular weight excluding hydrogens is 196 g/mol. The predicted molar refractivity (Wildman–Crippen MR) is 52.2 cm³/mol. The number of primary amides is 1. The first-order valence-electron chi connectivity index (χ1n) is 4.21. The Morgan fingerprint density at radius 1 is 1.40 bits per heavy atom. The van der Waals surface area contributed by atoms with E-state index in [4.69, 9.17) is 5.73 Å². The largest absolute Gasteiger partial charge is 0.365 e. The summed E-state index contributed by atoms with van der Waals surface area (Å²) in [5.74, 6) is -0.578. The summed E-state index contributed by atoms with van der Waals surface area (Å²) in [7, 11) is 0. The van der Waals surface area contributed by atoms with Crippen molar-refractivity contribution in [1.29, 1.82) is 0 Å². The molecule has 0 radical (unpaired) electrons. The molecule has 0 saturated heterocycles. The van der Waals surface area contributed by atoms with E-state index in [1.165, 1.54) is 27.9 Å². The van der Waals surface area contributed by atoms with Gasteiger partial charge in [0.15, 0.2) is 0 Å². The molecule has 2 aromatic heterocycles. The SMILES string of the molecule is NC(=O)c1cnn(-n2ccccc2=O)c1. The van der Waals surface area contributed by atoms with Crippen LogP contribution in [-0.2, 0) is 0 Å². The fourth-order valence-electron chi connectivity index (χ4n) is 1.15. The topological polar surface area (TPSA) is 82.9 Å². The summed E-state index contributed by atoms with van der Waals surface area (Å²) in [5.41, 5.74) is 5.08. The van der Waals surface area contributed by atoms with E-state index < -0.39 is 5.91 Å². The fourth-order valence-corrected chi connectivity index (χ4v) is 1.15. The molecule has 2 heterocycles. The Balaban J connectivity index is 2.51. The summed E-state index contributed by atoms with van der Waals surface area (Å²) in [4.78, 5) is 23.4. The summed E-state index contributed by atoms with van der Waals surface area (Å²) in [6, 6.07) is 4.70. The van der Waals surface area contributed by atoms with Gasteiger partial charge in [0.1, 0.15) is 0 Å². The Morgan fingerprint density at radius 3 is 2.80 bits per heavy atom. The maximum atomic E-state index is 11.4. The number of pyridine rings is 1. The van der Waals surface area contributed by atoms with Gasteiger partial charge in [-0.3, -0.25) is 9.59 Å². The molecule has 0 saturated carbocycles. The Kier molecular flexibility index (Phi) is 2.09. The zero-order valence-corrected chi connectivity index (χ0v) is 7.70. The first kappa shape index (κ1) is 9.20. The zero-order chi connectivity index (χ0) is 10.8. The van der Waals surface area contributed by atoms with Crippen molar-refractivity contribution in [2.75, 3.05) is 0 Å². The molecular formula is C9H8N4O2. The van der Waals surface area contributed by atoms with Crippen molar-refractivity contribution in [3.63, 3.8) is 0 Å². The van der Waals surface area contributed by atoms with Crippen LogP contribution in [-0.4, -0.2) is 20.5 Å². The van der Waals surface area contributed by atoms with Crippen molar-refractivity contribution in [3.8, 4) is 0 Å². The van der Waals surface area contributed by atoms with Crippen LogP contribution in [0.25, 0.3) is 0 Å². The third-order valence-corrected chi connectivity index (χ3v) is 1.88. The molecule has 15 heavy (non-hydrogen) atoms. The van der Waals surface area contributed by atoms with Gasteiger partial charge in [0.2, 0.25) is 0 Å². The molecule has 6 heteroatoms. The molecule has 0 bridgehead atoms. The third-order valence-electron chi connectivity index (χ3n) is 1.88. The van der Waals surface area contributed by atoms with Crippen molar-refractivity contribution >= 4 is 5.91 Å².